The van der Waals surface area contributed by atoms with E-state index in [0.29, 0.717) is 16.7 Å². The highest BCUT2D eigenvalue weighted by atomic mass is 19.1. The van der Waals surface area contributed by atoms with Gasteiger partial charge in [0.15, 0.2) is 0 Å². The summed E-state index contributed by atoms with van der Waals surface area (Å²) in [5.41, 5.74) is 2.28. The van der Waals surface area contributed by atoms with Crippen molar-refractivity contribution >= 4 is 0 Å². The minimum atomic E-state index is -0.350. The molecule has 0 aliphatic heterocycles. The van der Waals surface area contributed by atoms with E-state index in [1.165, 1.54) is 12.1 Å². The van der Waals surface area contributed by atoms with Gasteiger partial charge in [0.2, 0.25) is 0 Å². The summed E-state index contributed by atoms with van der Waals surface area (Å²) in [5.74, 6) is -0.698. The van der Waals surface area contributed by atoms with E-state index < -0.39 is 0 Å². The fraction of sp³-hybridized carbons (Fsp3) is 0. The monoisotopic (exact) mass is 266 g/mol. The van der Waals surface area contributed by atoms with Crippen LogP contribution >= 0.6 is 0 Å². The lowest BCUT2D eigenvalue weighted by Gasteiger charge is -2.07. The molecule has 0 spiro atoms. The van der Waals surface area contributed by atoms with Crippen molar-refractivity contribution in [3.8, 4) is 22.3 Å². The lowest BCUT2D eigenvalue weighted by molar-refractivity contribution is 0.626. The predicted molar refractivity (Wildman–Crippen MR) is 77.2 cm³/mol. The molecule has 0 nitrogen and oxygen atoms in total. The summed E-state index contributed by atoms with van der Waals surface area (Å²) in [4.78, 5) is 0. The van der Waals surface area contributed by atoms with Crippen molar-refractivity contribution in [3.63, 3.8) is 0 Å². The van der Waals surface area contributed by atoms with Gasteiger partial charge < -0.3 is 0 Å². The Morgan fingerprint density at radius 1 is 0.500 bits per heavy atom. The highest BCUT2D eigenvalue weighted by Crippen LogP contribution is 2.29. The maximum atomic E-state index is 14.2. The molecule has 2 heteroatoms. The van der Waals surface area contributed by atoms with E-state index in [1.54, 1.807) is 30.3 Å². The summed E-state index contributed by atoms with van der Waals surface area (Å²) in [6.45, 7) is 0. The van der Waals surface area contributed by atoms with Gasteiger partial charge in [-0.25, -0.2) is 8.78 Å². The molecule has 3 aromatic rings. The fourth-order valence-corrected chi connectivity index (χ4v) is 2.23. The summed E-state index contributed by atoms with van der Waals surface area (Å²) in [6, 6.07) is 20.5. The molecule has 0 saturated heterocycles. The van der Waals surface area contributed by atoms with Crippen molar-refractivity contribution in [2.75, 3.05) is 0 Å². The third kappa shape index (κ3) is 2.32. The fourth-order valence-electron chi connectivity index (χ4n) is 2.23. The van der Waals surface area contributed by atoms with Crippen molar-refractivity contribution in [2.24, 2.45) is 0 Å². The van der Waals surface area contributed by atoms with Crippen LogP contribution in [0.4, 0.5) is 8.78 Å². The zero-order valence-electron chi connectivity index (χ0n) is 10.7. The van der Waals surface area contributed by atoms with Crippen LogP contribution in [-0.2, 0) is 0 Å². The molecule has 20 heavy (non-hydrogen) atoms. The molecule has 0 amide bonds. The van der Waals surface area contributed by atoms with Crippen LogP contribution in [0.25, 0.3) is 22.3 Å². The van der Waals surface area contributed by atoms with Gasteiger partial charge in [-0.05, 0) is 23.3 Å². The van der Waals surface area contributed by atoms with Gasteiger partial charge in [0, 0.05) is 11.1 Å². The Hall–Kier alpha value is -2.48. The molecule has 0 heterocycles. The van der Waals surface area contributed by atoms with Crippen LogP contribution in [0.2, 0.25) is 0 Å². The minimum Gasteiger partial charge on any atom is -0.206 e. The second-order valence-corrected chi connectivity index (χ2v) is 4.54. The molecule has 0 aliphatic carbocycles. The smallest absolute Gasteiger partial charge is 0.131 e. The van der Waals surface area contributed by atoms with Crippen LogP contribution in [0.1, 0.15) is 0 Å². The molecule has 0 bridgehead atoms. The molecule has 0 N–H and O–H groups in total. The number of hydrogen-bond donors (Lipinski definition) is 0. The topological polar surface area (TPSA) is 0 Å². The predicted octanol–water partition coefficient (Wildman–Crippen LogP) is 5.30. The van der Waals surface area contributed by atoms with Gasteiger partial charge >= 0.3 is 0 Å². The molecule has 0 aliphatic rings. The average molecular weight is 266 g/mol. The Labute approximate surface area is 116 Å². The molecule has 0 aromatic heterocycles. The van der Waals surface area contributed by atoms with E-state index in [4.69, 9.17) is 0 Å². The van der Waals surface area contributed by atoms with Gasteiger partial charge in [-0.2, -0.15) is 0 Å². The number of rotatable bonds is 2. The summed E-state index contributed by atoms with van der Waals surface area (Å²) in [6.07, 6.45) is 0. The molecule has 3 rings (SSSR count). The van der Waals surface area contributed by atoms with Crippen molar-refractivity contribution in [2.45, 2.75) is 0 Å². The molecule has 0 saturated carbocycles. The van der Waals surface area contributed by atoms with E-state index >= 15 is 0 Å². The highest BCUT2D eigenvalue weighted by molar-refractivity contribution is 5.71. The molecule has 0 unspecified atom stereocenters. The van der Waals surface area contributed by atoms with E-state index in [0.717, 1.165) is 5.56 Å². The average Bonchev–Trinajstić information content (AvgIpc) is 2.48. The first-order valence-electron chi connectivity index (χ1n) is 6.35. The largest absolute Gasteiger partial charge is 0.206 e. The molecular weight excluding hydrogens is 254 g/mol. The third-order valence-corrected chi connectivity index (χ3v) is 3.24. The van der Waals surface area contributed by atoms with Gasteiger partial charge in [-0.15, -0.1) is 0 Å². The summed E-state index contributed by atoms with van der Waals surface area (Å²) in [7, 11) is 0. The van der Waals surface area contributed by atoms with E-state index in [-0.39, 0.29) is 11.6 Å². The summed E-state index contributed by atoms with van der Waals surface area (Å²) >= 11 is 0. The van der Waals surface area contributed by atoms with Gasteiger partial charge in [0.25, 0.3) is 0 Å². The quantitative estimate of drug-likeness (QED) is 0.590. The normalized spacial score (nSPS) is 10.5. The number of halogens is 2. The van der Waals surface area contributed by atoms with Crippen LogP contribution in [-0.4, -0.2) is 0 Å². The zero-order valence-corrected chi connectivity index (χ0v) is 10.7. The molecule has 0 radical (unpaired) electrons. The Morgan fingerprint density at radius 2 is 1.15 bits per heavy atom. The third-order valence-electron chi connectivity index (χ3n) is 3.24. The SMILES string of the molecule is Fc1ccccc1-c1ccc(-c2ccccc2)c(F)c1. The summed E-state index contributed by atoms with van der Waals surface area (Å²) < 4.78 is 27.9. The van der Waals surface area contributed by atoms with Crippen molar-refractivity contribution < 1.29 is 8.78 Å². The highest BCUT2D eigenvalue weighted by Gasteiger charge is 2.09. The summed E-state index contributed by atoms with van der Waals surface area (Å²) in [5, 5.41) is 0. The van der Waals surface area contributed by atoms with Crippen molar-refractivity contribution in [3.05, 3.63) is 84.4 Å². The Bertz CT molecular complexity index is 733. The zero-order chi connectivity index (χ0) is 13.9. The first kappa shape index (κ1) is 12.5. The maximum Gasteiger partial charge on any atom is 0.131 e. The molecular formula is C18H12F2. The Kier molecular flexibility index (Phi) is 3.30. The lowest BCUT2D eigenvalue weighted by Crippen LogP contribution is -1.88. The van der Waals surface area contributed by atoms with E-state index in [1.807, 2.05) is 30.3 Å². The van der Waals surface area contributed by atoms with Crippen LogP contribution in [0, 0.1) is 11.6 Å². The van der Waals surface area contributed by atoms with Gasteiger partial charge in [0.1, 0.15) is 11.6 Å². The molecule has 98 valence electrons. The Morgan fingerprint density at radius 3 is 1.85 bits per heavy atom. The van der Waals surface area contributed by atoms with Crippen LogP contribution in [0.5, 0.6) is 0 Å². The standard InChI is InChI=1S/C18H12F2/c19-17-9-5-4-8-15(17)14-10-11-16(18(20)12-14)13-6-2-1-3-7-13/h1-12H. The molecule has 3 aromatic carbocycles. The van der Waals surface area contributed by atoms with Gasteiger partial charge in [0.05, 0.1) is 0 Å². The van der Waals surface area contributed by atoms with E-state index in [9.17, 15) is 8.78 Å². The maximum absolute atomic E-state index is 14.2. The number of hydrogen-bond acceptors (Lipinski definition) is 0. The lowest BCUT2D eigenvalue weighted by atomic mass is 9.99. The molecule has 0 fully saturated rings. The Balaban J connectivity index is 2.07. The minimum absolute atomic E-state index is 0.348. The van der Waals surface area contributed by atoms with Crippen molar-refractivity contribution in [1.82, 2.24) is 0 Å². The van der Waals surface area contributed by atoms with Crippen molar-refractivity contribution in [1.29, 1.82) is 0 Å². The van der Waals surface area contributed by atoms with Crippen LogP contribution in [0.15, 0.2) is 72.8 Å². The van der Waals surface area contributed by atoms with Crippen LogP contribution in [0.3, 0.4) is 0 Å². The van der Waals surface area contributed by atoms with Gasteiger partial charge in [-0.1, -0.05) is 60.7 Å². The second-order valence-electron chi connectivity index (χ2n) is 4.54. The molecule has 0 atom stereocenters. The second kappa shape index (κ2) is 5.25. The number of benzene rings is 3. The van der Waals surface area contributed by atoms with Crippen LogP contribution < -0.4 is 0 Å². The van der Waals surface area contributed by atoms with E-state index in [2.05, 4.69) is 0 Å². The first-order chi connectivity index (χ1) is 9.75. The van der Waals surface area contributed by atoms with Gasteiger partial charge in [-0.3, -0.25) is 0 Å². The first-order valence-corrected chi connectivity index (χ1v) is 6.35.